The molecule has 6 nitrogen and oxygen atoms in total. The van der Waals surface area contributed by atoms with Crippen molar-refractivity contribution in [1.82, 2.24) is 19.4 Å². The van der Waals surface area contributed by atoms with Crippen LogP contribution in [-0.4, -0.2) is 20.6 Å². The summed E-state index contributed by atoms with van der Waals surface area (Å²) in [5, 5.41) is 15.5. The smallest absolute Gasteiger partial charge is 0.251 e. The normalized spacial score (nSPS) is 12.4. The van der Waals surface area contributed by atoms with Crippen LogP contribution in [0.15, 0.2) is 218 Å². The molecule has 0 fully saturated rings. The van der Waals surface area contributed by atoms with E-state index in [1.807, 2.05) is 86.6 Å². The average molecular weight is 935 g/mol. The van der Waals surface area contributed by atoms with Crippen LogP contribution in [0, 0.1) is 0 Å². The van der Waals surface area contributed by atoms with Crippen molar-refractivity contribution in [3.8, 4) is 44.5 Å². The van der Waals surface area contributed by atoms with Gasteiger partial charge in [0, 0.05) is 22.3 Å². The van der Waals surface area contributed by atoms with E-state index >= 15 is 0 Å². The molecule has 0 radical (unpaired) electrons. The van der Waals surface area contributed by atoms with E-state index in [2.05, 4.69) is 156 Å². The summed E-state index contributed by atoms with van der Waals surface area (Å²) >= 11 is 1.22. The van der Waals surface area contributed by atoms with Crippen molar-refractivity contribution in [2.45, 2.75) is 25.9 Å². The summed E-state index contributed by atoms with van der Waals surface area (Å²) in [6, 6.07) is 74.6. The van der Waals surface area contributed by atoms with E-state index in [9.17, 15) is 9.59 Å². The van der Waals surface area contributed by atoms with Gasteiger partial charge in [-0.1, -0.05) is 182 Å². The number of carbonyl (C=O) groups excluding carboxylic acids is 2. The zero-order chi connectivity index (χ0) is 48.0. The lowest BCUT2D eigenvalue weighted by Gasteiger charge is -2.17. The van der Waals surface area contributed by atoms with Gasteiger partial charge in [-0.25, -0.2) is 0 Å². The van der Waals surface area contributed by atoms with Gasteiger partial charge in [-0.2, -0.15) is 8.75 Å². The Morgan fingerprint density at radius 3 is 1.14 bits per heavy atom. The van der Waals surface area contributed by atoms with Crippen LogP contribution in [0.4, 0.5) is 0 Å². The highest BCUT2D eigenvalue weighted by Crippen LogP contribution is 2.44. The van der Waals surface area contributed by atoms with E-state index in [0.29, 0.717) is 11.1 Å². The van der Waals surface area contributed by atoms with E-state index in [4.69, 9.17) is 8.75 Å². The van der Waals surface area contributed by atoms with Crippen molar-refractivity contribution in [2.75, 3.05) is 0 Å². The molecule has 11 aromatic carbocycles. The molecule has 7 heteroatoms. The number of benzene rings is 11. The van der Waals surface area contributed by atoms with Crippen molar-refractivity contribution in [1.29, 1.82) is 0 Å². The standard InChI is InChI=1S/C64H46N4O2S/c1-39(49-33-23-41-11-3-5-13-51(41)37-49)65-63(69)47-29-25-43(26-30-47)53-19-7-15-45-17-9-21-55(59(45)53)57-35-36-58(62-61(57)67-71-68-62)56-22-10-18-46-16-8-20-54(60(46)56)44-27-31-48(32-28-44)64(70)66-40(2)50-34-24-42-12-4-6-14-52(42)38-50/h3-40H,1-2H3,(H,65,69)(H,66,70)/t39-,40-/m1/s1. The van der Waals surface area contributed by atoms with Gasteiger partial charge in [0.2, 0.25) is 0 Å². The minimum atomic E-state index is -0.158. The molecule has 0 aliphatic carbocycles. The molecule has 2 amide bonds. The first-order valence-corrected chi connectivity index (χ1v) is 24.7. The first kappa shape index (κ1) is 43.5. The quantitative estimate of drug-likeness (QED) is 0.143. The summed E-state index contributed by atoms with van der Waals surface area (Å²) in [7, 11) is 0. The van der Waals surface area contributed by atoms with Crippen LogP contribution in [0.1, 0.15) is 57.8 Å². The second-order valence-electron chi connectivity index (χ2n) is 18.3. The van der Waals surface area contributed by atoms with Crippen molar-refractivity contribution in [3.63, 3.8) is 0 Å². The Balaban J connectivity index is 0.842. The lowest BCUT2D eigenvalue weighted by atomic mass is 9.88. The molecule has 0 saturated heterocycles. The number of aromatic nitrogens is 2. The van der Waals surface area contributed by atoms with Crippen LogP contribution in [0.3, 0.4) is 0 Å². The first-order valence-electron chi connectivity index (χ1n) is 23.9. The van der Waals surface area contributed by atoms with Crippen molar-refractivity contribution < 1.29 is 9.59 Å². The third-order valence-electron chi connectivity index (χ3n) is 14.0. The van der Waals surface area contributed by atoms with E-state index in [1.54, 1.807) is 0 Å². The summed E-state index contributed by atoms with van der Waals surface area (Å²) in [5.74, 6) is -0.234. The molecule has 0 bridgehead atoms. The number of rotatable bonds is 10. The van der Waals surface area contributed by atoms with Gasteiger partial charge >= 0.3 is 0 Å². The predicted octanol–water partition coefficient (Wildman–Crippen LogP) is 16.0. The Morgan fingerprint density at radius 1 is 0.366 bits per heavy atom. The average Bonchev–Trinajstić information content (AvgIpc) is 3.92. The fraction of sp³-hybridized carbons (Fsp3) is 0.0625. The van der Waals surface area contributed by atoms with Crippen LogP contribution in [0.25, 0.3) is 98.6 Å². The van der Waals surface area contributed by atoms with Crippen molar-refractivity contribution in [3.05, 3.63) is 241 Å². The molecule has 340 valence electrons. The van der Waals surface area contributed by atoms with Crippen LogP contribution in [0.5, 0.6) is 0 Å². The van der Waals surface area contributed by atoms with E-state index in [-0.39, 0.29) is 23.9 Å². The minimum absolute atomic E-state index is 0.117. The highest BCUT2D eigenvalue weighted by Gasteiger charge is 2.21. The van der Waals surface area contributed by atoms with Gasteiger partial charge in [0.15, 0.2) is 0 Å². The zero-order valence-corrected chi connectivity index (χ0v) is 39.9. The molecular weight excluding hydrogens is 889 g/mol. The Bertz CT molecular complexity index is 3760. The molecule has 0 spiro atoms. The number of carbonyl (C=O) groups is 2. The molecule has 2 atom stereocenters. The summed E-state index contributed by atoms with van der Waals surface area (Å²) in [4.78, 5) is 27.2. The maximum Gasteiger partial charge on any atom is 0.251 e. The fourth-order valence-electron chi connectivity index (χ4n) is 10.2. The molecule has 0 aliphatic rings. The largest absolute Gasteiger partial charge is 0.346 e. The van der Waals surface area contributed by atoms with E-state index in [1.165, 1.54) is 22.5 Å². The molecule has 0 saturated carbocycles. The number of fused-ring (bicyclic) bond motifs is 5. The second kappa shape index (κ2) is 18.3. The van der Waals surface area contributed by atoms with E-state index < -0.39 is 0 Å². The molecule has 0 unspecified atom stereocenters. The van der Waals surface area contributed by atoms with Crippen LogP contribution >= 0.6 is 11.7 Å². The summed E-state index contributed by atoms with van der Waals surface area (Å²) in [5.41, 5.74) is 13.3. The van der Waals surface area contributed by atoms with Gasteiger partial charge in [-0.05, 0) is 138 Å². The van der Waals surface area contributed by atoms with Gasteiger partial charge in [0.1, 0.15) is 11.0 Å². The third kappa shape index (κ3) is 8.16. The zero-order valence-electron chi connectivity index (χ0n) is 39.1. The Labute approximate surface area is 415 Å². The first-order chi connectivity index (χ1) is 34.8. The highest BCUT2D eigenvalue weighted by atomic mass is 32.1. The molecule has 71 heavy (non-hydrogen) atoms. The highest BCUT2D eigenvalue weighted by molar-refractivity contribution is 7.00. The van der Waals surface area contributed by atoms with Crippen LogP contribution in [-0.2, 0) is 0 Å². The van der Waals surface area contributed by atoms with Gasteiger partial charge in [0.25, 0.3) is 11.8 Å². The molecular formula is C64H46N4O2S. The maximum atomic E-state index is 13.6. The topological polar surface area (TPSA) is 84.0 Å². The molecule has 1 aromatic heterocycles. The Kier molecular flexibility index (Phi) is 11.2. The minimum Gasteiger partial charge on any atom is -0.346 e. The number of amides is 2. The van der Waals surface area contributed by atoms with Gasteiger partial charge in [-0.3, -0.25) is 9.59 Å². The molecule has 2 N–H and O–H groups in total. The van der Waals surface area contributed by atoms with Crippen LogP contribution < -0.4 is 10.6 Å². The Hall–Kier alpha value is -8.78. The molecule has 12 rings (SSSR count). The maximum absolute atomic E-state index is 13.6. The monoisotopic (exact) mass is 934 g/mol. The van der Waals surface area contributed by atoms with Crippen molar-refractivity contribution >= 4 is 77.7 Å². The number of hydrogen-bond acceptors (Lipinski definition) is 5. The summed E-state index contributed by atoms with van der Waals surface area (Å²) < 4.78 is 9.94. The molecule has 0 aliphatic heterocycles. The molecule has 12 aromatic rings. The van der Waals surface area contributed by atoms with Gasteiger partial charge < -0.3 is 10.6 Å². The molecule has 1 heterocycles. The van der Waals surface area contributed by atoms with Gasteiger partial charge in [-0.15, -0.1) is 0 Å². The van der Waals surface area contributed by atoms with E-state index in [0.717, 1.165) is 99.0 Å². The van der Waals surface area contributed by atoms with Crippen LogP contribution in [0.2, 0.25) is 0 Å². The summed E-state index contributed by atoms with van der Waals surface area (Å²) in [6.07, 6.45) is 0. The SMILES string of the molecule is C[C@@H](NC(=O)c1ccc(-c2cccc3cccc(-c4ccc(-c5cccc6cccc(-c7ccc(C(=O)N[C@H](C)c8ccc9ccccc9c8)cc7)c56)c5nsnc45)c23)cc1)c1ccc2ccccc2c1. The fourth-order valence-corrected chi connectivity index (χ4v) is 10.8. The number of hydrogen-bond donors (Lipinski definition) is 2. The lowest BCUT2D eigenvalue weighted by Crippen LogP contribution is -2.26. The van der Waals surface area contributed by atoms with Crippen molar-refractivity contribution in [2.24, 2.45) is 0 Å². The predicted molar refractivity (Wildman–Crippen MR) is 294 cm³/mol. The lowest BCUT2D eigenvalue weighted by molar-refractivity contribution is 0.0931. The summed E-state index contributed by atoms with van der Waals surface area (Å²) in [6.45, 7) is 4.04. The Morgan fingerprint density at radius 2 is 0.732 bits per heavy atom. The number of nitrogens with one attached hydrogen (secondary N) is 2. The van der Waals surface area contributed by atoms with Gasteiger partial charge in [0.05, 0.1) is 23.8 Å². The number of nitrogens with zero attached hydrogens (tertiary/aromatic N) is 2. The third-order valence-corrected chi connectivity index (χ3v) is 14.5. The second-order valence-corrected chi connectivity index (χ2v) is 18.8.